The molecule has 25 heavy (non-hydrogen) atoms. The van der Waals surface area contributed by atoms with Crippen molar-refractivity contribution >= 4 is 29.0 Å². The Morgan fingerprint density at radius 3 is 2.72 bits per heavy atom. The molecule has 0 bridgehead atoms. The van der Waals surface area contributed by atoms with Crippen LogP contribution in [-0.4, -0.2) is 65.9 Å². The molecule has 2 heterocycles. The van der Waals surface area contributed by atoms with Crippen molar-refractivity contribution in [2.24, 2.45) is 0 Å². The number of carbonyl (C=O) groups is 2. The number of para-hydroxylation sites is 2. The van der Waals surface area contributed by atoms with Gasteiger partial charge in [-0.05, 0) is 19.1 Å². The fraction of sp³-hybridized carbons (Fsp3) is 0.389. The van der Waals surface area contributed by atoms with Gasteiger partial charge in [-0.25, -0.2) is 4.98 Å². The van der Waals surface area contributed by atoms with E-state index < -0.39 is 0 Å². The minimum atomic E-state index is -0.0695. The predicted octanol–water partition coefficient (Wildman–Crippen LogP) is 1.12. The number of carbonyl (C=O) groups excluding carboxylic acids is 2. The molecule has 2 amide bonds. The Hall–Kier alpha value is -2.67. The highest BCUT2D eigenvalue weighted by molar-refractivity contribution is 5.91. The van der Waals surface area contributed by atoms with Crippen LogP contribution >= 0.6 is 0 Å². The summed E-state index contributed by atoms with van der Waals surface area (Å²) in [4.78, 5) is 32.0. The lowest BCUT2D eigenvalue weighted by atomic mass is 10.3. The number of oxazole rings is 1. The number of fused-ring (bicyclic) bond motifs is 1. The van der Waals surface area contributed by atoms with E-state index in [0.29, 0.717) is 50.7 Å². The Balaban J connectivity index is 1.51. The highest BCUT2D eigenvalue weighted by Gasteiger charge is 2.21. The van der Waals surface area contributed by atoms with E-state index >= 15 is 0 Å². The summed E-state index contributed by atoms with van der Waals surface area (Å²) in [6.45, 7) is 5.52. The molecule has 7 nitrogen and oxygen atoms in total. The fourth-order valence-electron chi connectivity index (χ4n) is 2.79. The van der Waals surface area contributed by atoms with Crippen LogP contribution in [0.2, 0.25) is 0 Å². The van der Waals surface area contributed by atoms with E-state index in [1.54, 1.807) is 11.0 Å². The first kappa shape index (κ1) is 17.2. The first-order chi connectivity index (χ1) is 12.2. The third kappa shape index (κ3) is 4.45. The molecule has 0 aliphatic carbocycles. The third-order valence-corrected chi connectivity index (χ3v) is 4.10. The maximum Gasteiger partial charge on any atom is 0.246 e. The lowest BCUT2D eigenvalue weighted by molar-refractivity contribution is -0.128. The van der Waals surface area contributed by atoms with Crippen molar-refractivity contribution in [3.63, 3.8) is 0 Å². The van der Waals surface area contributed by atoms with Crippen LogP contribution in [0.15, 0.2) is 34.8 Å². The van der Waals surface area contributed by atoms with Crippen LogP contribution in [0.1, 0.15) is 12.8 Å². The predicted molar refractivity (Wildman–Crippen MR) is 94.7 cm³/mol. The van der Waals surface area contributed by atoms with Crippen molar-refractivity contribution in [2.45, 2.75) is 6.92 Å². The zero-order valence-electron chi connectivity index (χ0n) is 14.3. The Morgan fingerprint density at radius 1 is 1.24 bits per heavy atom. The number of likely N-dealkylation sites (N-methyl/N-ethyl adjacent to an activating group) is 1. The topological polar surface area (TPSA) is 78.7 Å². The molecular formula is C18H22N4O3. The van der Waals surface area contributed by atoms with Crippen molar-refractivity contribution in [3.05, 3.63) is 36.2 Å². The van der Waals surface area contributed by atoms with Gasteiger partial charge >= 0.3 is 0 Å². The van der Waals surface area contributed by atoms with Gasteiger partial charge in [-0.2, -0.15) is 0 Å². The Kier molecular flexibility index (Phi) is 5.45. The van der Waals surface area contributed by atoms with Gasteiger partial charge in [-0.15, -0.1) is 0 Å². The molecule has 2 aromatic rings. The number of amides is 2. The van der Waals surface area contributed by atoms with Gasteiger partial charge in [0.15, 0.2) is 5.58 Å². The largest absolute Gasteiger partial charge is 0.437 e. The summed E-state index contributed by atoms with van der Waals surface area (Å²) in [6, 6.07) is 7.48. The highest BCUT2D eigenvalue weighted by atomic mass is 16.3. The molecule has 1 aromatic carbocycles. The standard InChI is InChI=1S/C18H22N4O3/c1-2-19-16(23)13-21-9-11-22(12-10-21)18(24)8-7-17-20-14-5-3-4-6-15(14)25-17/h3-8H,2,9-13H2,1H3,(H,19,23)/b8-7+. The first-order valence-electron chi connectivity index (χ1n) is 8.47. The monoisotopic (exact) mass is 342 g/mol. The fourth-order valence-corrected chi connectivity index (χ4v) is 2.79. The highest BCUT2D eigenvalue weighted by Crippen LogP contribution is 2.15. The van der Waals surface area contributed by atoms with Crippen molar-refractivity contribution in [2.75, 3.05) is 39.3 Å². The average molecular weight is 342 g/mol. The first-order valence-corrected chi connectivity index (χ1v) is 8.47. The SMILES string of the molecule is CCNC(=O)CN1CCN(C(=O)/C=C/c2nc3ccccc3o2)CC1. The summed E-state index contributed by atoms with van der Waals surface area (Å²) in [7, 11) is 0. The molecule has 1 aliphatic rings. The minimum absolute atomic E-state index is 0.0260. The molecule has 1 saturated heterocycles. The Labute approximate surface area is 146 Å². The lowest BCUT2D eigenvalue weighted by Crippen LogP contribution is -2.50. The molecular weight excluding hydrogens is 320 g/mol. The van der Waals surface area contributed by atoms with E-state index in [9.17, 15) is 9.59 Å². The van der Waals surface area contributed by atoms with Gasteiger partial charge in [-0.3, -0.25) is 14.5 Å². The number of hydrogen-bond donors (Lipinski definition) is 1. The molecule has 0 radical (unpaired) electrons. The molecule has 1 fully saturated rings. The molecule has 1 aromatic heterocycles. The van der Waals surface area contributed by atoms with E-state index in [-0.39, 0.29) is 11.8 Å². The number of nitrogens with one attached hydrogen (secondary N) is 1. The summed E-state index contributed by atoms with van der Waals surface area (Å²) in [5.74, 6) is 0.377. The molecule has 0 unspecified atom stereocenters. The van der Waals surface area contributed by atoms with Crippen molar-refractivity contribution in [1.82, 2.24) is 20.1 Å². The molecule has 132 valence electrons. The summed E-state index contributed by atoms with van der Waals surface area (Å²) in [5, 5.41) is 2.79. The van der Waals surface area contributed by atoms with Gasteiger partial charge in [0.2, 0.25) is 17.7 Å². The molecule has 0 saturated carbocycles. The van der Waals surface area contributed by atoms with Crippen LogP contribution in [0.3, 0.4) is 0 Å². The van der Waals surface area contributed by atoms with Crippen LogP contribution < -0.4 is 5.32 Å². The van der Waals surface area contributed by atoms with Crippen LogP contribution in [0.4, 0.5) is 0 Å². The van der Waals surface area contributed by atoms with Crippen LogP contribution in [0, 0.1) is 0 Å². The average Bonchev–Trinajstić information content (AvgIpc) is 3.03. The number of aromatic nitrogens is 1. The molecule has 1 N–H and O–H groups in total. The Bertz CT molecular complexity index is 742. The van der Waals surface area contributed by atoms with E-state index in [1.165, 1.54) is 6.08 Å². The second-order valence-corrected chi connectivity index (χ2v) is 5.91. The second-order valence-electron chi connectivity index (χ2n) is 5.91. The zero-order chi connectivity index (χ0) is 17.6. The quantitative estimate of drug-likeness (QED) is 0.824. The normalized spacial score (nSPS) is 15.8. The van der Waals surface area contributed by atoms with Crippen LogP contribution in [-0.2, 0) is 9.59 Å². The summed E-state index contributed by atoms with van der Waals surface area (Å²) >= 11 is 0. The molecule has 0 atom stereocenters. The summed E-state index contributed by atoms with van der Waals surface area (Å²) in [6.07, 6.45) is 3.09. The third-order valence-electron chi connectivity index (χ3n) is 4.10. The van der Waals surface area contributed by atoms with Crippen LogP contribution in [0.25, 0.3) is 17.2 Å². The smallest absolute Gasteiger partial charge is 0.246 e. The number of nitrogens with zero attached hydrogens (tertiary/aromatic N) is 3. The van der Waals surface area contributed by atoms with E-state index in [1.807, 2.05) is 31.2 Å². The number of hydrogen-bond acceptors (Lipinski definition) is 5. The minimum Gasteiger partial charge on any atom is -0.437 e. The number of benzene rings is 1. The van der Waals surface area contributed by atoms with Gasteiger partial charge in [0.05, 0.1) is 6.54 Å². The lowest BCUT2D eigenvalue weighted by Gasteiger charge is -2.33. The van der Waals surface area contributed by atoms with Gasteiger partial charge in [0.25, 0.3) is 0 Å². The summed E-state index contributed by atoms with van der Waals surface area (Å²) in [5.41, 5.74) is 1.47. The number of rotatable bonds is 5. The maximum atomic E-state index is 12.3. The van der Waals surface area contributed by atoms with Gasteiger partial charge < -0.3 is 14.6 Å². The zero-order valence-corrected chi connectivity index (χ0v) is 14.3. The molecule has 1 aliphatic heterocycles. The maximum absolute atomic E-state index is 12.3. The van der Waals surface area contributed by atoms with E-state index in [4.69, 9.17) is 4.42 Å². The van der Waals surface area contributed by atoms with Crippen molar-refractivity contribution in [1.29, 1.82) is 0 Å². The second kappa shape index (κ2) is 7.94. The molecule has 0 spiro atoms. The van der Waals surface area contributed by atoms with Crippen LogP contribution in [0.5, 0.6) is 0 Å². The van der Waals surface area contributed by atoms with Crippen molar-refractivity contribution in [3.8, 4) is 0 Å². The Morgan fingerprint density at radius 2 is 2.00 bits per heavy atom. The van der Waals surface area contributed by atoms with Gasteiger partial charge in [0, 0.05) is 44.9 Å². The van der Waals surface area contributed by atoms with E-state index in [0.717, 1.165) is 5.52 Å². The summed E-state index contributed by atoms with van der Waals surface area (Å²) < 4.78 is 5.57. The van der Waals surface area contributed by atoms with Crippen molar-refractivity contribution < 1.29 is 14.0 Å². The van der Waals surface area contributed by atoms with E-state index in [2.05, 4.69) is 15.2 Å². The molecule has 3 rings (SSSR count). The van der Waals surface area contributed by atoms with Gasteiger partial charge in [-0.1, -0.05) is 12.1 Å². The van der Waals surface area contributed by atoms with Gasteiger partial charge in [0.1, 0.15) is 5.52 Å². The molecule has 7 heteroatoms. The number of piperazine rings is 1.